The van der Waals surface area contributed by atoms with Gasteiger partial charge in [-0.15, -0.1) is 0 Å². The van der Waals surface area contributed by atoms with Gasteiger partial charge in [0.1, 0.15) is 0 Å². The second-order valence-electron chi connectivity index (χ2n) is 5.07. The minimum absolute atomic E-state index is 0.202. The van der Waals surface area contributed by atoms with Gasteiger partial charge in [0.2, 0.25) is 5.91 Å². The largest absolute Gasteiger partial charge is 0.396 e. The third-order valence-electron chi connectivity index (χ3n) is 4.00. The van der Waals surface area contributed by atoms with Gasteiger partial charge in [-0.2, -0.15) is 0 Å². The fraction of sp³-hybridized carbons (Fsp3) is 0.917. The lowest BCUT2D eigenvalue weighted by atomic mass is 10.0. The molecule has 1 atom stereocenters. The third-order valence-corrected chi connectivity index (χ3v) is 4.00. The number of amides is 1. The Morgan fingerprint density at radius 1 is 1.25 bits per heavy atom. The average Bonchev–Trinajstić information content (AvgIpc) is 2.77. The highest BCUT2D eigenvalue weighted by Crippen LogP contribution is 2.23. The van der Waals surface area contributed by atoms with E-state index in [1.165, 1.54) is 0 Å². The zero-order valence-electron chi connectivity index (χ0n) is 10.1. The maximum Gasteiger partial charge on any atom is 0.219 e. The number of hydrogen-bond donors (Lipinski definition) is 1. The molecule has 0 aliphatic carbocycles. The minimum Gasteiger partial charge on any atom is -0.396 e. The minimum atomic E-state index is 0.202. The SMILES string of the molecule is CC(=O)N1CCC(N2CC[C@H](CO)C2)CC1. The van der Waals surface area contributed by atoms with Gasteiger partial charge in [0.25, 0.3) is 0 Å². The van der Waals surface area contributed by atoms with Crippen LogP contribution in [0.25, 0.3) is 0 Å². The van der Waals surface area contributed by atoms with E-state index in [-0.39, 0.29) is 5.91 Å². The summed E-state index contributed by atoms with van der Waals surface area (Å²) in [6.07, 6.45) is 3.32. The molecule has 0 radical (unpaired) electrons. The first kappa shape index (κ1) is 11.9. The van der Waals surface area contributed by atoms with Crippen LogP contribution in [0.15, 0.2) is 0 Å². The molecule has 2 aliphatic rings. The normalized spacial score (nSPS) is 28.6. The molecule has 2 rings (SSSR count). The van der Waals surface area contributed by atoms with Crippen LogP contribution in [0.1, 0.15) is 26.2 Å². The number of piperidine rings is 1. The van der Waals surface area contributed by atoms with E-state index in [1.807, 2.05) is 4.90 Å². The van der Waals surface area contributed by atoms with Crippen molar-refractivity contribution in [3.05, 3.63) is 0 Å². The molecule has 0 aromatic heterocycles. The molecule has 92 valence electrons. The summed E-state index contributed by atoms with van der Waals surface area (Å²) in [4.78, 5) is 15.6. The molecular weight excluding hydrogens is 204 g/mol. The maximum atomic E-state index is 11.2. The Balaban J connectivity index is 1.79. The summed E-state index contributed by atoms with van der Waals surface area (Å²) >= 11 is 0. The predicted octanol–water partition coefficient (Wildman–Crippen LogP) is 0.311. The summed E-state index contributed by atoms with van der Waals surface area (Å²) in [7, 11) is 0. The molecule has 2 fully saturated rings. The van der Waals surface area contributed by atoms with Crippen LogP contribution in [0.2, 0.25) is 0 Å². The summed E-state index contributed by atoms with van der Waals surface area (Å²) in [6, 6.07) is 0.632. The first-order valence-electron chi connectivity index (χ1n) is 6.31. The average molecular weight is 226 g/mol. The van der Waals surface area contributed by atoms with Crippen molar-refractivity contribution in [2.24, 2.45) is 5.92 Å². The zero-order chi connectivity index (χ0) is 11.5. The van der Waals surface area contributed by atoms with Crippen LogP contribution in [0.4, 0.5) is 0 Å². The van der Waals surface area contributed by atoms with Gasteiger partial charge < -0.3 is 10.0 Å². The highest BCUT2D eigenvalue weighted by molar-refractivity contribution is 5.73. The van der Waals surface area contributed by atoms with E-state index in [9.17, 15) is 4.79 Å². The van der Waals surface area contributed by atoms with Crippen LogP contribution in [0.5, 0.6) is 0 Å². The van der Waals surface area contributed by atoms with E-state index in [4.69, 9.17) is 5.11 Å². The van der Waals surface area contributed by atoms with E-state index in [0.29, 0.717) is 18.6 Å². The van der Waals surface area contributed by atoms with Crippen LogP contribution in [0, 0.1) is 5.92 Å². The molecule has 0 aromatic carbocycles. The zero-order valence-corrected chi connectivity index (χ0v) is 10.1. The Morgan fingerprint density at radius 3 is 2.44 bits per heavy atom. The molecule has 4 heteroatoms. The van der Waals surface area contributed by atoms with E-state index >= 15 is 0 Å². The fourth-order valence-electron chi connectivity index (χ4n) is 2.89. The number of nitrogens with zero attached hydrogens (tertiary/aromatic N) is 2. The van der Waals surface area contributed by atoms with Gasteiger partial charge in [-0.05, 0) is 31.7 Å². The van der Waals surface area contributed by atoms with Crippen LogP contribution < -0.4 is 0 Å². The lowest BCUT2D eigenvalue weighted by molar-refractivity contribution is -0.130. The molecular formula is C12H22N2O2. The third kappa shape index (κ3) is 2.55. The van der Waals surface area contributed by atoms with E-state index < -0.39 is 0 Å². The molecule has 2 aliphatic heterocycles. The molecule has 0 aromatic rings. The predicted molar refractivity (Wildman–Crippen MR) is 62.0 cm³/mol. The number of likely N-dealkylation sites (tertiary alicyclic amines) is 2. The van der Waals surface area contributed by atoms with Crippen molar-refractivity contribution in [3.63, 3.8) is 0 Å². The van der Waals surface area contributed by atoms with Crippen LogP contribution in [-0.4, -0.2) is 59.6 Å². The molecule has 0 unspecified atom stereocenters. The fourth-order valence-corrected chi connectivity index (χ4v) is 2.89. The van der Waals surface area contributed by atoms with Crippen molar-refractivity contribution in [2.45, 2.75) is 32.2 Å². The van der Waals surface area contributed by atoms with Crippen molar-refractivity contribution >= 4 is 5.91 Å². The highest BCUT2D eigenvalue weighted by atomic mass is 16.3. The number of hydrogen-bond acceptors (Lipinski definition) is 3. The lowest BCUT2D eigenvalue weighted by Gasteiger charge is -2.36. The van der Waals surface area contributed by atoms with Gasteiger partial charge in [0.05, 0.1) is 0 Å². The monoisotopic (exact) mass is 226 g/mol. The van der Waals surface area contributed by atoms with Crippen molar-refractivity contribution in [1.82, 2.24) is 9.80 Å². The summed E-state index contributed by atoms with van der Waals surface area (Å²) < 4.78 is 0. The number of rotatable bonds is 2. The number of aliphatic hydroxyl groups is 1. The smallest absolute Gasteiger partial charge is 0.219 e. The second kappa shape index (κ2) is 5.15. The second-order valence-corrected chi connectivity index (χ2v) is 5.07. The molecule has 0 bridgehead atoms. The summed E-state index contributed by atoms with van der Waals surface area (Å²) in [5.41, 5.74) is 0. The van der Waals surface area contributed by atoms with Crippen molar-refractivity contribution in [2.75, 3.05) is 32.8 Å². The van der Waals surface area contributed by atoms with Gasteiger partial charge in [-0.25, -0.2) is 0 Å². The Labute approximate surface area is 97.2 Å². The van der Waals surface area contributed by atoms with Crippen molar-refractivity contribution < 1.29 is 9.90 Å². The molecule has 1 N–H and O–H groups in total. The van der Waals surface area contributed by atoms with E-state index in [1.54, 1.807) is 6.92 Å². The molecule has 16 heavy (non-hydrogen) atoms. The molecule has 2 heterocycles. The number of carbonyl (C=O) groups is 1. The Bertz CT molecular complexity index is 249. The van der Waals surface area contributed by atoms with Gasteiger partial charge in [0.15, 0.2) is 0 Å². The first-order chi connectivity index (χ1) is 7.70. The van der Waals surface area contributed by atoms with Crippen LogP contribution in [0.3, 0.4) is 0 Å². The standard InChI is InChI=1S/C12H22N2O2/c1-10(16)13-6-3-12(4-7-13)14-5-2-11(8-14)9-15/h11-12,15H,2-9H2,1H3/t11-/m0/s1. The molecule has 0 spiro atoms. The van der Waals surface area contributed by atoms with Crippen LogP contribution in [-0.2, 0) is 4.79 Å². The quantitative estimate of drug-likeness (QED) is 0.737. The van der Waals surface area contributed by atoms with Gasteiger partial charge in [-0.3, -0.25) is 9.69 Å². The topological polar surface area (TPSA) is 43.8 Å². The summed E-state index contributed by atoms with van der Waals surface area (Å²) in [5, 5.41) is 9.12. The highest BCUT2D eigenvalue weighted by Gasteiger charge is 2.30. The van der Waals surface area contributed by atoms with Gasteiger partial charge >= 0.3 is 0 Å². The number of carbonyl (C=O) groups excluding carboxylic acids is 1. The van der Waals surface area contributed by atoms with Gasteiger partial charge in [0, 0.05) is 39.2 Å². The number of aliphatic hydroxyl groups excluding tert-OH is 1. The molecule has 2 saturated heterocycles. The summed E-state index contributed by atoms with van der Waals surface area (Å²) in [6.45, 7) is 5.94. The molecule has 1 amide bonds. The van der Waals surface area contributed by atoms with Crippen molar-refractivity contribution in [1.29, 1.82) is 0 Å². The van der Waals surface area contributed by atoms with E-state index in [2.05, 4.69) is 4.90 Å². The van der Waals surface area contributed by atoms with E-state index in [0.717, 1.165) is 45.4 Å². The molecule has 4 nitrogen and oxygen atoms in total. The Morgan fingerprint density at radius 2 is 1.94 bits per heavy atom. The van der Waals surface area contributed by atoms with Crippen LogP contribution >= 0.6 is 0 Å². The first-order valence-corrected chi connectivity index (χ1v) is 6.31. The van der Waals surface area contributed by atoms with Gasteiger partial charge in [-0.1, -0.05) is 0 Å². The molecule has 0 saturated carbocycles. The Hall–Kier alpha value is -0.610. The maximum absolute atomic E-state index is 11.2. The Kier molecular flexibility index (Phi) is 3.82. The summed E-state index contributed by atoms with van der Waals surface area (Å²) in [5.74, 6) is 0.680. The lowest BCUT2D eigenvalue weighted by Crippen LogP contribution is -2.45. The van der Waals surface area contributed by atoms with Crippen molar-refractivity contribution in [3.8, 4) is 0 Å².